The van der Waals surface area contributed by atoms with Crippen LogP contribution in [0, 0.1) is 17.0 Å². The maximum Gasteiger partial charge on any atom is 0.250 e. The Morgan fingerprint density at radius 1 is 0.860 bits per heavy atom. The summed E-state index contributed by atoms with van der Waals surface area (Å²) in [6, 6.07) is 12.6. The van der Waals surface area contributed by atoms with E-state index in [-0.39, 0.29) is 23.0 Å². The van der Waals surface area contributed by atoms with Gasteiger partial charge >= 0.3 is 0 Å². The Bertz CT molecular complexity index is 1780. The molecule has 1 saturated carbocycles. The van der Waals surface area contributed by atoms with Crippen molar-refractivity contribution in [2.24, 2.45) is 10.4 Å². The van der Waals surface area contributed by atoms with Crippen LogP contribution in [-0.4, -0.2) is 42.2 Å². The van der Waals surface area contributed by atoms with Crippen LogP contribution in [0.25, 0.3) is 0 Å². The molecular formula is C30H24F2N6O5. The molecule has 1 aromatic heterocycles. The second-order valence-electron chi connectivity index (χ2n) is 9.80. The SMILES string of the molecule is COc1cc2c(cc1OC)Nc1ncnc(Oc3ccc(NC(=O)C4(C(=O)Nc5ccc(F)cc5)CC4)cc3F)c1N=C2. The van der Waals surface area contributed by atoms with Gasteiger partial charge in [0, 0.05) is 35.3 Å². The molecule has 0 bridgehead atoms. The fourth-order valence-electron chi connectivity index (χ4n) is 4.50. The summed E-state index contributed by atoms with van der Waals surface area (Å²) >= 11 is 0. The molecular weight excluding hydrogens is 562 g/mol. The van der Waals surface area contributed by atoms with E-state index in [2.05, 4.69) is 30.9 Å². The van der Waals surface area contributed by atoms with Crippen LogP contribution < -0.4 is 30.2 Å². The minimum atomic E-state index is -1.30. The van der Waals surface area contributed by atoms with Crippen molar-refractivity contribution in [1.29, 1.82) is 0 Å². The van der Waals surface area contributed by atoms with Crippen molar-refractivity contribution in [3.63, 3.8) is 0 Å². The molecule has 2 amide bonds. The van der Waals surface area contributed by atoms with Crippen LogP contribution >= 0.6 is 0 Å². The van der Waals surface area contributed by atoms with Gasteiger partial charge in [0.25, 0.3) is 5.88 Å². The summed E-state index contributed by atoms with van der Waals surface area (Å²) < 4.78 is 44.8. The highest BCUT2D eigenvalue weighted by Crippen LogP contribution is 2.48. The number of halogens is 2. The predicted octanol–water partition coefficient (Wildman–Crippen LogP) is 5.73. The highest BCUT2D eigenvalue weighted by Gasteiger charge is 2.56. The van der Waals surface area contributed by atoms with E-state index >= 15 is 4.39 Å². The quantitative estimate of drug-likeness (QED) is 0.196. The number of hydrogen-bond acceptors (Lipinski definition) is 9. The van der Waals surface area contributed by atoms with Crippen molar-refractivity contribution in [2.45, 2.75) is 12.8 Å². The largest absolute Gasteiger partial charge is 0.493 e. The van der Waals surface area contributed by atoms with Crippen molar-refractivity contribution in [3.05, 3.63) is 78.1 Å². The van der Waals surface area contributed by atoms with Crippen LogP contribution in [0.5, 0.6) is 23.1 Å². The van der Waals surface area contributed by atoms with E-state index in [0.717, 1.165) is 6.07 Å². The van der Waals surface area contributed by atoms with Crippen LogP contribution in [0.1, 0.15) is 18.4 Å². The van der Waals surface area contributed by atoms with E-state index in [4.69, 9.17) is 14.2 Å². The molecule has 0 unspecified atom stereocenters. The number of nitrogens with zero attached hydrogens (tertiary/aromatic N) is 3. The van der Waals surface area contributed by atoms with Crippen LogP contribution in [0.2, 0.25) is 0 Å². The number of carbonyl (C=O) groups is 2. The molecule has 3 aromatic carbocycles. The summed E-state index contributed by atoms with van der Waals surface area (Å²) in [5, 5.41) is 8.40. The minimum Gasteiger partial charge on any atom is -0.493 e. The fraction of sp³-hybridized carbons (Fsp3) is 0.167. The third-order valence-electron chi connectivity index (χ3n) is 7.05. The van der Waals surface area contributed by atoms with Gasteiger partial charge in [-0.3, -0.25) is 9.59 Å². The van der Waals surface area contributed by atoms with E-state index < -0.39 is 28.9 Å². The third-order valence-corrected chi connectivity index (χ3v) is 7.05. The van der Waals surface area contributed by atoms with Crippen LogP contribution in [0.4, 0.5) is 37.3 Å². The Hall–Kier alpha value is -5.59. The number of aliphatic imine (C=N–C) groups is 1. The standard InChI is InChI=1S/C30H24F2N6O5/c1-41-23-11-16-14-33-25-26(38-21(16)13-24(23)42-2)34-15-35-27(25)43-22-8-7-19(12-20(22)32)37-29(40)30(9-10-30)28(39)36-18-5-3-17(31)4-6-18/h3-8,11-15H,9-10H2,1-2H3,(H,36,39)(H,37,40)(H,34,35,38). The van der Waals surface area contributed by atoms with Crippen molar-refractivity contribution < 1.29 is 32.6 Å². The average Bonchev–Trinajstić information content (AvgIpc) is 3.83. The van der Waals surface area contributed by atoms with Crippen molar-refractivity contribution in [2.75, 3.05) is 30.2 Å². The molecule has 0 spiro atoms. The van der Waals surface area contributed by atoms with Crippen LogP contribution in [0.3, 0.4) is 0 Å². The molecule has 4 aromatic rings. The van der Waals surface area contributed by atoms with Gasteiger partial charge in [0.2, 0.25) is 11.8 Å². The Morgan fingerprint density at radius 3 is 2.21 bits per heavy atom. The van der Waals surface area contributed by atoms with E-state index in [0.29, 0.717) is 47.1 Å². The number of rotatable bonds is 8. The van der Waals surface area contributed by atoms with E-state index in [1.807, 2.05) is 0 Å². The summed E-state index contributed by atoms with van der Waals surface area (Å²) in [6.07, 6.45) is 3.47. The molecule has 11 nitrogen and oxygen atoms in total. The van der Waals surface area contributed by atoms with E-state index in [1.165, 1.54) is 56.9 Å². The molecule has 0 radical (unpaired) electrons. The van der Waals surface area contributed by atoms with Crippen molar-refractivity contribution in [1.82, 2.24) is 9.97 Å². The summed E-state index contributed by atoms with van der Waals surface area (Å²) in [7, 11) is 3.05. The van der Waals surface area contributed by atoms with Gasteiger partial charge in [0.15, 0.2) is 34.6 Å². The van der Waals surface area contributed by atoms with Gasteiger partial charge in [-0.25, -0.2) is 18.8 Å². The monoisotopic (exact) mass is 586 g/mol. The number of fused-ring (bicyclic) bond motifs is 2. The zero-order valence-electron chi connectivity index (χ0n) is 22.9. The number of ether oxygens (including phenoxy) is 3. The lowest BCUT2D eigenvalue weighted by Crippen LogP contribution is -2.35. The summed E-state index contributed by atoms with van der Waals surface area (Å²) in [4.78, 5) is 38.6. The molecule has 6 rings (SSSR count). The van der Waals surface area contributed by atoms with Crippen molar-refractivity contribution in [3.8, 4) is 23.1 Å². The first-order valence-electron chi connectivity index (χ1n) is 13.1. The number of aromatic nitrogens is 2. The highest BCUT2D eigenvalue weighted by atomic mass is 19.1. The Labute approximate surface area is 243 Å². The average molecular weight is 587 g/mol. The first kappa shape index (κ1) is 27.6. The molecule has 1 aliphatic carbocycles. The number of methoxy groups -OCH3 is 2. The molecule has 0 atom stereocenters. The molecule has 13 heteroatoms. The zero-order chi connectivity index (χ0) is 30.1. The van der Waals surface area contributed by atoms with Gasteiger partial charge in [0.05, 0.1) is 19.9 Å². The normalized spacial score (nSPS) is 13.9. The van der Waals surface area contributed by atoms with Gasteiger partial charge in [0.1, 0.15) is 17.6 Å². The van der Waals surface area contributed by atoms with Gasteiger partial charge in [-0.1, -0.05) is 0 Å². The first-order chi connectivity index (χ1) is 20.8. The summed E-state index contributed by atoms with van der Waals surface area (Å²) in [5.41, 5.74) is 0.772. The number of amides is 2. The Balaban J connectivity index is 1.17. The van der Waals surface area contributed by atoms with Crippen molar-refractivity contribution >= 4 is 46.6 Å². The number of nitrogens with one attached hydrogen (secondary N) is 3. The summed E-state index contributed by atoms with van der Waals surface area (Å²) in [5.74, 6) is -1.16. The predicted molar refractivity (Wildman–Crippen MR) is 154 cm³/mol. The molecule has 3 N–H and O–H groups in total. The lowest BCUT2D eigenvalue weighted by atomic mass is 10.0. The van der Waals surface area contributed by atoms with E-state index in [9.17, 15) is 14.0 Å². The molecule has 2 heterocycles. The zero-order valence-corrected chi connectivity index (χ0v) is 22.9. The topological polar surface area (TPSA) is 136 Å². The lowest BCUT2D eigenvalue weighted by molar-refractivity contribution is -0.131. The highest BCUT2D eigenvalue weighted by molar-refractivity contribution is 6.16. The molecule has 0 saturated heterocycles. The first-order valence-corrected chi connectivity index (χ1v) is 13.1. The maximum absolute atomic E-state index is 15.2. The number of anilines is 4. The van der Waals surface area contributed by atoms with Gasteiger partial charge in [-0.15, -0.1) is 0 Å². The second kappa shape index (κ2) is 11.0. The molecule has 1 aliphatic heterocycles. The maximum atomic E-state index is 15.2. The van der Waals surface area contributed by atoms with E-state index in [1.54, 1.807) is 18.3 Å². The van der Waals surface area contributed by atoms with Gasteiger partial charge in [-0.05, 0) is 55.3 Å². The second-order valence-corrected chi connectivity index (χ2v) is 9.80. The smallest absolute Gasteiger partial charge is 0.250 e. The van der Waals surface area contributed by atoms with Crippen LogP contribution in [-0.2, 0) is 9.59 Å². The minimum absolute atomic E-state index is 0.00873. The lowest BCUT2D eigenvalue weighted by Gasteiger charge is -2.16. The summed E-state index contributed by atoms with van der Waals surface area (Å²) in [6.45, 7) is 0. The van der Waals surface area contributed by atoms with Gasteiger partial charge in [-0.2, -0.15) is 4.98 Å². The molecule has 1 fully saturated rings. The number of benzene rings is 3. The Kier molecular flexibility index (Phi) is 7.06. The Morgan fingerprint density at radius 2 is 1.53 bits per heavy atom. The number of hydrogen-bond donors (Lipinski definition) is 3. The molecule has 43 heavy (non-hydrogen) atoms. The van der Waals surface area contributed by atoms with Crippen LogP contribution in [0.15, 0.2) is 65.9 Å². The molecule has 218 valence electrons. The third kappa shape index (κ3) is 5.39. The fourth-order valence-corrected chi connectivity index (χ4v) is 4.50. The van der Waals surface area contributed by atoms with Gasteiger partial charge < -0.3 is 30.2 Å². The number of carbonyl (C=O) groups excluding carboxylic acids is 2. The molecule has 2 aliphatic rings.